The highest BCUT2D eigenvalue weighted by atomic mass is 16.5. The molecule has 0 aromatic carbocycles. The summed E-state index contributed by atoms with van der Waals surface area (Å²) < 4.78 is 5.41. The van der Waals surface area contributed by atoms with Crippen molar-refractivity contribution in [2.75, 3.05) is 0 Å². The van der Waals surface area contributed by atoms with Crippen LogP contribution in [0.5, 0.6) is 0 Å². The van der Waals surface area contributed by atoms with Crippen molar-refractivity contribution in [3.05, 3.63) is 11.8 Å². The highest BCUT2D eigenvalue weighted by Gasteiger charge is 2.34. The van der Waals surface area contributed by atoms with Crippen LogP contribution < -0.4 is 0 Å². The first-order valence-corrected chi connectivity index (χ1v) is 3.94. The van der Waals surface area contributed by atoms with Crippen molar-refractivity contribution in [3.8, 4) is 0 Å². The zero-order valence-corrected chi connectivity index (χ0v) is 7.27. The van der Waals surface area contributed by atoms with Gasteiger partial charge in [-0.1, -0.05) is 20.8 Å². The molecule has 1 atom stereocenters. The lowest BCUT2D eigenvalue weighted by Crippen LogP contribution is -2.24. The van der Waals surface area contributed by atoms with Gasteiger partial charge >= 0.3 is 0 Å². The predicted octanol–water partition coefficient (Wildman–Crippen LogP) is 2.73. The van der Waals surface area contributed by atoms with E-state index in [0.717, 1.165) is 6.42 Å². The summed E-state index contributed by atoms with van der Waals surface area (Å²) in [6.45, 7) is 8.77. The molecule has 0 bridgehead atoms. The molecule has 0 saturated heterocycles. The lowest BCUT2D eigenvalue weighted by atomic mass is 9.80. The summed E-state index contributed by atoms with van der Waals surface area (Å²) in [6, 6.07) is 0. The van der Waals surface area contributed by atoms with Crippen LogP contribution in [0.25, 0.3) is 0 Å². The van der Waals surface area contributed by atoms with E-state index in [-0.39, 0.29) is 5.41 Å². The first-order valence-electron chi connectivity index (χ1n) is 3.94. The van der Waals surface area contributed by atoms with Crippen LogP contribution in [0, 0.1) is 5.41 Å². The average molecular weight is 140 g/mol. The van der Waals surface area contributed by atoms with E-state index < -0.39 is 0 Å². The van der Waals surface area contributed by atoms with Crippen molar-refractivity contribution < 1.29 is 4.74 Å². The maximum Gasteiger partial charge on any atom is 0.104 e. The highest BCUT2D eigenvalue weighted by molar-refractivity contribution is 5.15. The molecule has 1 aliphatic heterocycles. The topological polar surface area (TPSA) is 9.23 Å². The molecule has 1 unspecified atom stereocenters. The maximum atomic E-state index is 5.41. The second-order valence-electron chi connectivity index (χ2n) is 3.50. The average Bonchev–Trinajstić information content (AvgIpc) is 2.10. The van der Waals surface area contributed by atoms with Gasteiger partial charge in [-0.15, -0.1) is 0 Å². The van der Waals surface area contributed by atoms with E-state index in [2.05, 4.69) is 27.7 Å². The van der Waals surface area contributed by atoms with Gasteiger partial charge in [0.2, 0.25) is 0 Å². The molecule has 0 aromatic heterocycles. The highest BCUT2D eigenvalue weighted by Crippen LogP contribution is 2.39. The summed E-state index contributed by atoms with van der Waals surface area (Å²) >= 11 is 0. The molecule has 0 spiro atoms. The zero-order valence-electron chi connectivity index (χ0n) is 7.27. The first kappa shape index (κ1) is 7.64. The molecule has 0 radical (unpaired) electrons. The van der Waals surface area contributed by atoms with Crippen molar-refractivity contribution >= 4 is 0 Å². The van der Waals surface area contributed by atoms with E-state index in [1.165, 1.54) is 5.57 Å². The van der Waals surface area contributed by atoms with Gasteiger partial charge in [-0.2, -0.15) is 0 Å². The molecular formula is C9H16O. The normalized spacial score (nSPS) is 29.6. The van der Waals surface area contributed by atoms with E-state index in [1.807, 2.05) is 6.26 Å². The van der Waals surface area contributed by atoms with Crippen LogP contribution in [0.4, 0.5) is 0 Å². The molecule has 10 heavy (non-hydrogen) atoms. The Balaban J connectivity index is 2.77. The Bertz CT molecular complexity index is 156. The van der Waals surface area contributed by atoms with Crippen molar-refractivity contribution in [1.82, 2.24) is 0 Å². The molecule has 0 saturated carbocycles. The van der Waals surface area contributed by atoms with E-state index in [1.54, 1.807) is 0 Å². The number of rotatable bonds is 1. The van der Waals surface area contributed by atoms with E-state index in [4.69, 9.17) is 4.74 Å². The van der Waals surface area contributed by atoms with Gasteiger partial charge in [0.05, 0.1) is 6.26 Å². The van der Waals surface area contributed by atoms with E-state index in [0.29, 0.717) is 6.10 Å². The fourth-order valence-corrected chi connectivity index (χ4v) is 1.31. The lowest BCUT2D eigenvalue weighted by molar-refractivity contribution is 0.110. The summed E-state index contributed by atoms with van der Waals surface area (Å²) in [7, 11) is 0. The van der Waals surface area contributed by atoms with Gasteiger partial charge in [-0.05, 0) is 18.9 Å². The minimum Gasteiger partial charge on any atom is -0.497 e. The summed E-state index contributed by atoms with van der Waals surface area (Å²) in [5.41, 5.74) is 1.69. The number of hydrogen-bond donors (Lipinski definition) is 0. The fourth-order valence-electron chi connectivity index (χ4n) is 1.31. The van der Waals surface area contributed by atoms with Gasteiger partial charge < -0.3 is 4.74 Å². The Morgan fingerprint density at radius 1 is 1.60 bits per heavy atom. The van der Waals surface area contributed by atoms with Crippen molar-refractivity contribution in [2.45, 2.75) is 40.2 Å². The number of ether oxygens (including phenoxy) is 1. The van der Waals surface area contributed by atoms with Crippen molar-refractivity contribution in [2.24, 2.45) is 5.41 Å². The van der Waals surface area contributed by atoms with Crippen LogP contribution in [-0.2, 0) is 4.74 Å². The fraction of sp³-hybridized carbons (Fsp3) is 0.778. The molecule has 1 nitrogen and oxygen atoms in total. The summed E-state index contributed by atoms with van der Waals surface area (Å²) in [6.07, 6.45) is 3.38. The van der Waals surface area contributed by atoms with Crippen LogP contribution in [0.2, 0.25) is 0 Å². The van der Waals surface area contributed by atoms with Gasteiger partial charge in [0.15, 0.2) is 0 Å². The minimum atomic E-state index is 0.259. The van der Waals surface area contributed by atoms with Crippen LogP contribution in [-0.4, -0.2) is 6.10 Å². The molecule has 0 N–H and O–H groups in total. The molecule has 1 aliphatic rings. The van der Waals surface area contributed by atoms with Gasteiger partial charge in [-0.25, -0.2) is 0 Å². The van der Waals surface area contributed by atoms with E-state index >= 15 is 0 Å². The molecule has 1 heterocycles. The SMILES string of the molecule is CCC1=COC(C)C1(C)C. The Kier molecular flexibility index (Phi) is 1.76. The number of hydrogen-bond acceptors (Lipinski definition) is 1. The summed E-state index contributed by atoms with van der Waals surface area (Å²) in [5, 5.41) is 0. The third kappa shape index (κ3) is 0.938. The molecule has 0 aliphatic carbocycles. The predicted molar refractivity (Wildman–Crippen MR) is 42.7 cm³/mol. The standard InChI is InChI=1S/C9H16O/c1-5-8-6-10-7(2)9(8,3)4/h6-7H,5H2,1-4H3. The van der Waals surface area contributed by atoms with Gasteiger partial charge in [0.25, 0.3) is 0 Å². The molecule has 0 aromatic rings. The van der Waals surface area contributed by atoms with Crippen LogP contribution in [0.3, 0.4) is 0 Å². The minimum absolute atomic E-state index is 0.259. The Hall–Kier alpha value is -0.460. The molecule has 1 rings (SSSR count). The van der Waals surface area contributed by atoms with Crippen LogP contribution in [0.15, 0.2) is 11.8 Å². The Labute approximate surface area is 63.1 Å². The van der Waals surface area contributed by atoms with Gasteiger partial charge in [0.1, 0.15) is 6.10 Å². The van der Waals surface area contributed by atoms with Crippen LogP contribution >= 0.6 is 0 Å². The third-order valence-electron chi connectivity index (χ3n) is 2.64. The largest absolute Gasteiger partial charge is 0.497 e. The van der Waals surface area contributed by atoms with Gasteiger partial charge in [-0.3, -0.25) is 0 Å². The second kappa shape index (κ2) is 2.30. The maximum absolute atomic E-state index is 5.41. The zero-order chi connectivity index (χ0) is 7.78. The monoisotopic (exact) mass is 140 g/mol. The van der Waals surface area contributed by atoms with E-state index in [9.17, 15) is 0 Å². The van der Waals surface area contributed by atoms with Crippen molar-refractivity contribution in [3.63, 3.8) is 0 Å². The summed E-state index contributed by atoms with van der Waals surface area (Å²) in [4.78, 5) is 0. The molecule has 58 valence electrons. The third-order valence-corrected chi connectivity index (χ3v) is 2.64. The Morgan fingerprint density at radius 2 is 2.20 bits per heavy atom. The molecule has 0 amide bonds. The molecular weight excluding hydrogens is 124 g/mol. The quantitative estimate of drug-likeness (QED) is 0.544. The smallest absolute Gasteiger partial charge is 0.104 e. The molecule has 1 heteroatoms. The molecule has 0 fully saturated rings. The lowest BCUT2D eigenvalue weighted by Gasteiger charge is -2.24. The van der Waals surface area contributed by atoms with Gasteiger partial charge in [0, 0.05) is 5.41 Å². The van der Waals surface area contributed by atoms with Crippen molar-refractivity contribution in [1.29, 1.82) is 0 Å². The first-order chi connectivity index (χ1) is 4.59. The van der Waals surface area contributed by atoms with Crippen LogP contribution in [0.1, 0.15) is 34.1 Å². The second-order valence-corrected chi connectivity index (χ2v) is 3.50. The summed E-state index contributed by atoms with van der Waals surface area (Å²) in [5.74, 6) is 0. The Morgan fingerprint density at radius 3 is 2.40 bits per heavy atom.